The number of carbonyl (C=O) groups excluding carboxylic acids is 1. The Morgan fingerprint density at radius 1 is 1.20 bits per heavy atom. The van der Waals surface area contributed by atoms with Crippen LogP contribution in [0.3, 0.4) is 0 Å². The van der Waals surface area contributed by atoms with Gasteiger partial charge in [0.25, 0.3) is 0 Å². The van der Waals surface area contributed by atoms with Crippen LogP contribution in [-0.2, 0) is 9.59 Å². The van der Waals surface area contributed by atoms with Crippen molar-refractivity contribution in [1.82, 2.24) is 5.32 Å². The van der Waals surface area contributed by atoms with Gasteiger partial charge in [0.1, 0.15) is 5.82 Å². The summed E-state index contributed by atoms with van der Waals surface area (Å²) in [6, 6.07) is 6.00. The first-order valence-electron chi connectivity index (χ1n) is 6.48. The summed E-state index contributed by atoms with van der Waals surface area (Å²) < 4.78 is 12.7. The molecule has 4 nitrogen and oxygen atoms in total. The van der Waals surface area contributed by atoms with Crippen molar-refractivity contribution in [3.63, 3.8) is 0 Å². The second kappa shape index (κ2) is 8.85. The van der Waals surface area contributed by atoms with Crippen LogP contribution in [0.5, 0.6) is 0 Å². The first kappa shape index (κ1) is 15.9. The zero-order valence-electron chi connectivity index (χ0n) is 11.1. The van der Waals surface area contributed by atoms with E-state index in [-0.39, 0.29) is 24.6 Å². The molecule has 108 valence electrons. The summed E-state index contributed by atoms with van der Waals surface area (Å²) in [6.45, 7) is 0.483. The zero-order valence-corrected chi connectivity index (χ0v) is 11.1. The minimum Gasteiger partial charge on any atom is -0.481 e. The highest BCUT2D eigenvalue weighted by Gasteiger charge is 1.99. The summed E-state index contributed by atoms with van der Waals surface area (Å²) in [5.74, 6) is -1.22. The molecule has 0 heterocycles. The number of hydrogen-bond acceptors (Lipinski definition) is 2. The van der Waals surface area contributed by atoms with Crippen LogP contribution < -0.4 is 5.32 Å². The smallest absolute Gasteiger partial charge is 0.303 e. The van der Waals surface area contributed by atoms with Gasteiger partial charge in [-0.05, 0) is 30.5 Å². The summed E-state index contributed by atoms with van der Waals surface area (Å²) in [5, 5.41) is 11.2. The summed E-state index contributed by atoms with van der Waals surface area (Å²) in [6.07, 6.45) is 5.04. The first-order valence-corrected chi connectivity index (χ1v) is 6.48. The quantitative estimate of drug-likeness (QED) is 0.719. The minimum atomic E-state index is -0.821. The van der Waals surface area contributed by atoms with Gasteiger partial charge in [-0.3, -0.25) is 9.59 Å². The molecule has 1 rings (SSSR count). The average Bonchev–Trinajstić information content (AvgIpc) is 2.40. The molecular weight excluding hydrogens is 261 g/mol. The predicted molar refractivity (Wildman–Crippen MR) is 74.5 cm³/mol. The lowest BCUT2D eigenvalue weighted by Crippen LogP contribution is -2.23. The van der Waals surface area contributed by atoms with E-state index in [0.717, 1.165) is 5.56 Å². The van der Waals surface area contributed by atoms with E-state index < -0.39 is 5.97 Å². The maximum atomic E-state index is 12.7. The van der Waals surface area contributed by atoms with Crippen molar-refractivity contribution in [1.29, 1.82) is 0 Å². The standard InChI is InChI=1S/C15H18FNO3/c16-13-9-7-12(8-10-13)4-3-5-14(18)17-11-2-1-6-15(19)20/h3-4,7-10H,1-2,5-6,11H2,(H,17,18)(H,19,20)/b4-3+. The largest absolute Gasteiger partial charge is 0.481 e. The number of nitrogens with one attached hydrogen (secondary N) is 1. The van der Waals surface area contributed by atoms with Gasteiger partial charge in [-0.15, -0.1) is 0 Å². The maximum Gasteiger partial charge on any atom is 0.303 e. The lowest BCUT2D eigenvalue weighted by Gasteiger charge is -2.02. The zero-order chi connectivity index (χ0) is 14.8. The number of hydrogen-bond donors (Lipinski definition) is 2. The molecule has 1 aromatic rings. The van der Waals surface area contributed by atoms with E-state index in [4.69, 9.17) is 5.11 Å². The Labute approximate surface area is 117 Å². The summed E-state index contributed by atoms with van der Waals surface area (Å²) in [4.78, 5) is 21.7. The molecule has 0 spiro atoms. The van der Waals surface area contributed by atoms with Gasteiger partial charge in [0, 0.05) is 19.4 Å². The fourth-order valence-electron chi connectivity index (χ4n) is 1.58. The van der Waals surface area contributed by atoms with Gasteiger partial charge in [-0.25, -0.2) is 4.39 Å². The number of carboxylic acid groups (broad SMARTS) is 1. The van der Waals surface area contributed by atoms with Gasteiger partial charge >= 0.3 is 5.97 Å². The fourth-order valence-corrected chi connectivity index (χ4v) is 1.58. The summed E-state index contributed by atoms with van der Waals surface area (Å²) in [5.41, 5.74) is 0.834. The third kappa shape index (κ3) is 7.31. The first-order chi connectivity index (χ1) is 9.58. The number of carboxylic acids is 1. The SMILES string of the molecule is O=C(O)CCCCNC(=O)C/C=C/c1ccc(F)cc1. The highest BCUT2D eigenvalue weighted by molar-refractivity contribution is 5.78. The fraction of sp³-hybridized carbons (Fsp3) is 0.333. The third-order valence-corrected chi connectivity index (χ3v) is 2.62. The van der Waals surface area contributed by atoms with E-state index in [1.165, 1.54) is 12.1 Å². The molecule has 0 saturated heterocycles. The number of carbonyl (C=O) groups is 2. The number of benzene rings is 1. The molecule has 0 aliphatic carbocycles. The molecule has 5 heteroatoms. The summed E-state index contributed by atoms with van der Waals surface area (Å²) >= 11 is 0. The van der Waals surface area contributed by atoms with Gasteiger partial charge < -0.3 is 10.4 Å². The Kier molecular flexibility index (Phi) is 7.03. The second-order valence-corrected chi connectivity index (χ2v) is 4.36. The number of unbranched alkanes of at least 4 members (excludes halogenated alkanes) is 1. The second-order valence-electron chi connectivity index (χ2n) is 4.36. The molecule has 1 aromatic carbocycles. The topological polar surface area (TPSA) is 66.4 Å². The van der Waals surface area contributed by atoms with Crippen LogP contribution in [0.2, 0.25) is 0 Å². The van der Waals surface area contributed by atoms with E-state index in [2.05, 4.69) is 5.32 Å². The van der Waals surface area contributed by atoms with Crippen molar-refractivity contribution in [3.05, 3.63) is 41.7 Å². The van der Waals surface area contributed by atoms with Crippen LogP contribution in [0.15, 0.2) is 30.3 Å². The van der Waals surface area contributed by atoms with Crippen molar-refractivity contribution in [2.75, 3.05) is 6.54 Å². The predicted octanol–water partition coefficient (Wildman–Crippen LogP) is 2.60. The summed E-state index contributed by atoms with van der Waals surface area (Å²) in [7, 11) is 0. The molecule has 2 N–H and O–H groups in total. The molecule has 0 fully saturated rings. The lowest BCUT2D eigenvalue weighted by molar-refractivity contribution is -0.137. The molecule has 0 aromatic heterocycles. The van der Waals surface area contributed by atoms with Crippen molar-refractivity contribution >= 4 is 18.0 Å². The Morgan fingerprint density at radius 3 is 2.55 bits per heavy atom. The van der Waals surface area contributed by atoms with Gasteiger partial charge in [0.15, 0.2) is 0 Å². The Balaban J connectivity index is 2.16. The monoisotopic (exact) mass is 279 g/mol. The van der Waals surface area contributed by atoms with Gasteiger partial charge in [-0.2, -0.15) is 0 Å². The van der Waals surface area contributed by atoms with E-state index in [9.17, 15) is 14.0 Å². The van der Waals surface area contributed by atoms with Gasteiger partial charge in [-0.1, -0.05) is 24.3 Å². The molecular formula is C15H18FNO3. The maximum absolute atomic E-state index is 12.7. The molecule has 0 atom stereocenters. The number of aliphatic carboxylic acids is 1. The molecule has 1 amide bonds. The van der Waals surface area contributed by atoms with Crippen molar-refractivity contribution in [2.45, 2.75) is 25.7 Å². The molecule has 0 unspecified atom stereocenters. The van der Waals surface area contributed by atoms with Crippen LogP contribution in [0, 0.1) is 5.82 Å². The molecule has 0 saturated carbocycles. The normalized spacial score (nSPS) is 10.7. The van der Waals surface area contributed by atoms with Crippen LogP contribution >= 0.6 is 0 Å². The van der Waals surface area contributed by atoms with E-state index >= 15 is 0 Å². The number of halogens is 1. The van der Waals surface area contributed by atoms with Gasteiger partial charge in [0.2, 0.25) is 5.91 Å². The van der Waals surface area contributed by atoms with E-state index in [0.29, 0.717) is 19.4 Å². The van der Waals surface area contributed by atoms with Crippen molar-refractivity contribution < 1.29 is 19.1 Å². The molecule has 0 bridgehead atoms. The Bertz CT molecular complexity index is 469. The van der Waals surface area contributed by atoms with Gasteiger partial charge in [0.05, 0.1) is 0 Å². The van der Waals surface area contributed by atoms with E-state index in [1.54, 1.807) is 24.3 Å². The van der Waals surface area contributed by atoms with Crippen LogP contribution in [0.4, 0.5) is 4.39 Å². The molecule has 0 aliphatic rings. The molecule has 0 radical (unpaired) electrons. The number of amides is 1. The highest BCUT2D eigenvalue weighted by atomic mass is 19.1. The number of rotatable bonds is 8. The molecule has 0 aliphatic heterocycles. The van der Waals surface area contributed by atoms with Crippen molar-refractivity contribution in [2.24, 2.45) is 0 Å². The Morgan fingerprint density at radius 2 is 1.90 bits per heavy atom. The average molecular weight is 279 g/mol. The Hall–Kier alpha value is -2.17. The lowest BCUT2D eigenvalue weighted by atomic mass is 10.2. The minimum absolute atomic E-state index is 0.112. The van der Waals surface area contributed by atoms with Crippen molar-refractivity contribution in [3.8, 4) is 0 Å². The third-order valence-electron chi connectivity index (χ3n) is 2.62. The highest BCUT2D eigenvalue weighted by Crippen LogP contribution is 2.05. The van der Waals surface area contributed by atoms with E-state index in [1.807, 2.05) is 0 Å². The van der Waals surface area contributed by atoms with Crippen LogP contribution in [0.1, 0.15) is 31.2 Å². The molecule has 20 heavy (non-hydrogen) atoms. The van der Waals surface area contributed by atoms with Crippen LogP contribution in [-0.4, -0.2) is 23.5 Å². The van der Waals surface area contributed by atoms with Crippen LogP contribution in [0.25, 0.3) is 6.08 Å².